The Kier molecular flexibility index (Phi) is 8.41. The second-order valence-corrected chi connectivity index (χ2v) is 9.79. The van der Waals surface area contributed by atoms with E-state index in [9.17, 15) is 9.90 Å². The molecule has 0 saturated heterocycles. The lowest BCUT2D eigenvalue weighted by Gasteiger charge is -2.27. The Labute approximate surface area is 219 Å². The molecule has 2 N–H and O–H groups in total. The van der Waals surface area contributed by atoms with Crippen LogP contribution in [0.4, 0.5) is 0 Å². The number of hydrogen-bond acceptors (Lipinski definition) is 5. The van der Waals surface area contributed by atoms with Crippen LogP contribution in [0.3, 0.4) is 0 Å². The van der Waals surface area contributed by atoms with Crippen LogP contribution in [-0.4, -0.2) is 45.9 Å². The molecule has 4 rings (SSSR count). The van der Waals surface area contributed by atoms with Gasteiger partial charge in [0, 0.05) is 17.7 Å². The number of phenols is 1. The van der Waals surface area contributed by atoms with Gasteiger partial charge in [-0.25, -0.2) is 0 Å². The Bertz CT molecular complexity index is 1230. The summed E-state index contributed by atoms with van der Waals surface area (Å²) < 4.78 is 12.0. The molecule has 1 amide bonds. The number of benzene rings is 2. The Hall–Kier alpha value is -3.48. The molecule has 0 fully saturated rings. The number of carbonyl (C=O) groups excluding carboxylic acids is 1. The molecule has 0 aliphatic carbocycles. The second-order valence-electron chi connectivity index (χ2n) is 9.79. The monoisotopic (exact) mass is 505 g/mol. The standard InChI is InChI=1S/C30H39N3O4/c1-6-9-11-15-37-23-13-12-21(18-24(23)36-8-3)29-26-27(25-20(5)16-19(4)17-22(25)34)31-32-28(26)30(35)33(29)14-10-7-2/h12-13,16-18,29,34H,6-11,14-15H2,1-5H3,(H,31,32). The quantitative estimate of drug-likeness (QED) is 0.267. The first-order valence-corrected chi connectivity index (χ1v) is 13.5. The van der Waals surface area contributed by atoms with E-state index in [0.717, 1.165) is 54.4 Å². The number of aryl methyl sites for hydroxylation is 2. The summed E-state index contributed by atoms with van der Waals surface area (Å²) in [6, 6.07) is 9.36. The number of nitrogens with zero attached hydrogens (tertiary/aromatic N) is 2. The van der Waals surface area contributed by atoms with E-state index in [1.54, 1.807) is 6.07 Å². The normalized spacial score (nSPS) is 14.8. The maximum atomic E-state index is 13.6. The number of unbranched alkanes of at least 4 members (excludes halogenated alkanes) is 3. The molecule has 1 unspecified atom stereocenters. The third kappa shape index (κ3) is 5.31. The Morgan fingerprint density at radius 3 is 2.49 bits per heavy atom. The minimum atomic E-state index is -0.351. The van der Waals surface area contributed by atoms with E-state index >= 15 is 0 Å². The molecule has 37 heavy (non-hydrogen) atoms. The first-order valence-electron chi connectivity index (χ1n) is 13.5. The summed E-state index contributed by atoms with van der Waals surface area (Å²) in [5.74, 6) is 1.48. The third-order valence-electron chi connectivity index (χ3n) is 6.90. The molecule has 1 aliphatic heterocycles. The summed E-state index contributed by atoms with van der Waals surface area (Å²) >= 11 is 0. The van der Waals surface area contributed by atoms with Crippen molar-refractivity contribution in [3.05, 3.63) is 58.3 Å². The Morgan fingerprint density at radius 2 is 1.78 bits per heavy atom. The van der Waals surface area contributed by atoms with Crippen LogP contribution >= 0.6 is 0 Å². The number of hydrogen-bond donors (Lipinski definition) is 2. The van der Waals surface area contributed by atoms with Gasteiger partial charge in [-0.2, -0.15) is 5.10 Å². The maximum absolute atomic E-state index is 13.6. The van der Waals surface area contributed by atoms with Crippen LogP contribution in [0.25, 0.3) is 11.3 Å². The van der Waals surface area contributed by atoms with Gasteiger partial charge in [-0.15, -0.1) is 0 Å². The van der Waals surface area contributed by atoms with Gasteiger partial charge in [0.25, 0.3) is 5.91 Å². The lowest BCUT2D eigenvalue weighted by atomic mass is 9.93. The van der Waals surface area contributed by atoms with Crippen LogP contribution in [0, 0.1) is 13.8 Å². The number of aromatic hydroxyl groups is 1. The highest BCUT2D eigenvalue weighted by atomic mass is 16.5. The molecule has 2 aromatic carbocycles. The van der Waals surface area contributed by atoms with E-state index in [1.807, 2.05) is 49.9 Å². The van der Waals surface area contributed by atoms with Gasteiger partial charge < -0.3 is 19.5 Å². The molecule has 1 aliphatic rings. The number of ether oxygens (including phenoxy) is 2. The number of H-pyrrole nitrogens is 1. The Morgan fingerprint density at radius 1 is 1.00 bits per heavy atom. The minimum Gasteiger partial charge on any atom is -0.507 e. The summed E-state index contributed by atoms with van der Waals surface area (Å²) in [7, 11) is 0. The smallest absolute Gasteiger partial charge is 0.273 e. The molecule has 7 heteroatoms. The number of nitrogens with one attached hydrogen (secondary N) is 1. The topological polar surface area (TPSA) is 87.7 Å². The fraction of sp³-hybridized carbons (Fsp3) is 0.467. The van der Waals surface area contributed by atoms with Crippen LogP contribution in [0.5, 0.6) is 17.2 Å². The lowest BCUT2D eigenvalue weighted by Crippen LogP contribution is -2.30. The van der Waals surface area contributed by atoms with E-state index in [4.69, 9.17) is 9.47 Å². The van der Waals surface area contributed by atoms with Crippen molar-refractivity contribution in [2.45, 2.75) is 72.8 Å². The molecule has 1 aromatic heterocycles. The Balaban J connectivity index is 1.81. The molecule has 0 radical (unpaired) electrons. The fourth-order valence-corrected chi connectivity index (χ4v) is 5.16. The average Bonchev–Trinajstić information content (AvgIpc) is 3.39. The highest BCUT2D eigenvalue weighted by Gasteiger charge is 2.42. The summed E-state index contributed by atoms with van der Waals surface area (Å²) in [6.45, 7) is 11.9. The van der Waals surface area contributed by atoms with Gasteiger partial charge >= 0.3 is 0 Å². The van der Waals surface area contributed by atoms with Crippen molar-refractivity contribution in [1.82, 2.24) is 15.1 Å². The van der Waals surface area contributed by atoms with Crippen LogP contribution in [0.15, 0.2) is 30.3 Å². The van der Waals surface area contributed by atoms with Crippen LogP contribution in [0.1, 0.15) is 91.7 Å². The van der Waals surface area contributed by atoms with Crippen molar-refractivity contribution in [3.8, 4) is 28.5 Å². The number of phenolic OH excluding ortho intramolecular Hbond substituents is 1. The predicted octanol–water partition coefficient (Wildman–Crippen LogP) is 6.71. The van der Waals surface area contributed by atoms with Crippen molar-refractivity contribution in [2.24, 2.45) is 0 Å². The zero-order valence-corrected chi connectivity index (χ0v) is 22.7. The number of carbonyl (C=O) groups is 1. The molecule has 7 nitrogen and oxygen atoms in total. The molecular weight excluding hydrogens is 466 g/mol. The minimum absolute atomic E-state index is 0.0747. The van der Waals surface area contributed by atoms with Gasteiger partial charge in [0.05, 0.1) is 19.3 Å². The van der Waals surface area contributed by atoms with Crippen molar-refractivity contribution in [1.29, 1.82) is 0 Å². The zero-order valence-electron chi connectivity index (χ0n) is 22.7. The highest BCUT2D eigenvalue weighted by molar-refractivity contribution is 6.00. The zero-order chi connectivity index (χ0) is 26.5. The van der Waals surface area contributed by atoms with Gasteiger partial charge in [-0.3, -0.25) is 9.89 Å². The second kappa shape index (κ2) is 11.7. The summed E-state index contributed by atoms with van der Waals surface area (Å²) in [5, 5.41) is 18.4. The number of amides is 1. The highest BCUT2D eigenvalue weighted by Crippen LogP contribution is 2.47. The van der Waals surface area contributed by atoms with E-state index in [2.05, 4.69) is 24.0 Å². The molecule has 0 saturated carbocycles. The average molecular weight is 506 g/mol. The van der Waals surface area contributed by atoms with E-state index in [-0.39, 0.29) is 17.7 Å². The molecule has 3 aromatic rings. The fourth-order valence-electron chi connectivity index (χ4n) is 5.16. The first kappa shape index (κ1) is 26.6. The first-order chi connectivity index (χ1) is 17.9. The van der Waals surface area contributed by atoms with E-state index < -0.39 is 0 Å². The predicted molar refractivity (Wildman–Crippen MR) is 146 cm³/mol. The number of aromatic nitrogens is 2. The van der Waals surface area contributed by atoms with Gasteiger partial charge in [-0.1, -0.05) is 45.2 Å². The van der Waals surface area contributed by atoms with Crippen LogP contribution in [0.2, 0.25) is 0 Å². The van der Waals surface area contributed by atoms with Crippen molar-refractivity contribution in [2.75, 3.05) is 19.8 Å². The van der Waals surface area contributed by atoms with Gasteiger partial charge in [0.15, 0.2) is 11.5 Å². The van der Waals surface area contributed by atoms with Crippen molar-refractivity contribution < 1.29 is 19.4 Å². The summed E-state index contributed by atoms with van der Waals surface area (Å²) in [6.07, 6.45) is 5.11. The number of aromatic amines is 1. The lowest BCUT2D eigenvalue weighted by molar-refractivity contribution is 0.0741. The third-order valence-corrected chi connectivity index (χ3v) is 6.90. The summed E-state index contributed by atoms with van der Waals surface area (Å²) in [5.41, 5.74) is 5.35. The molecular formula is C30H39N3O4. The maximum Gasteiger partial charge on any atom is 0.273 e. The van der Waals surface area contributed by atoms with Gasteiger partial charge in [0.1, 0.15) is 17.1 Å². The molecule has 2 heterocycles. The van der Waals surface area contributed by atoms with Gasteiger partial charge in [0.2, 0.25) is 0 Å². The molecule has 198 valence electrons. The van der Waals surface area contributed by atoms with Crippen molar-refractivity contribution >= 4 is 5.91 Å². The van der Waals surface area contributed by atoms with E-state index in [0.29, 0.717) is 48.2 Å². The SMILES string of the molecule is CCCCCOc1ccc(C2c3c(-c4c(C)cc(C)cc4O)n[nH]c3C(=O)N2CCCC)cc1OCC. The van der Waals surface area contributed by atoms with Crippen molar-refractivity contribution in [3.63, 3.8) is 0 Å². The van der Waals surface area contributed by atoms with Crippen LogP contribution in [-0.2, 0) is 0 Å². The molecule has 0 spiro atoms. The number of rotatable bonds is 12. The largest absolute Gasteiger partial charge is 0.507 e. The number of fused-ring (bicyclic) bond motifs is 1. The molecule has 0 bridgehead atoms. The van der Waals surface area contributed by atoms with Gasteiger partial charge in [-0.05, 0) is 68.5 Å². The van der Waals surface area contributed by atoms with E-state index in [1.165, 1.54) is 0 Å². The summed E-state index contributed by atoms with van der Waals surface area (Å²) in [4.78, 5) is 15.5. The molecule has 1 atom stereocenters. The van der Waals surface area contributed by atoms with Crippen LogP contribution < -0.4 is 9.47 Å².